The van der Waals surface area contributed by atoms with Gasteiger partial charge in [0, 0.05) is 24.2 Å². The van der Waals surface area contributed by atoms with Crippen molar-refractivity contribution in [3.05, 3.63) is 36.0 Å². The molecule has 2 aromatic rings. The molecule has 1 aromatic heterocycles. The van der Waals surface area contributed by atoms with Gasteiger partial charge in [-0.15, -0.1) is 0 Å². The average Bonchev–Trinajstić information content (AvgIpc) is 3.32. The first kappa shape index (κ1) is 12.9. The Kier molecular flexibility index (Phi) is 3.56. The minimum atomic E-state index is 0.611. The number of nitriles is 1. The van der Waals surface area contributed by atoms with E-state index in [4.69, 9.17) is 0 Å². The number of hydrogen-bond donors (Lipinski definition) is 0. The fourth-order valence-electron chi connectivity index (χ4n) is 2.71. The fraction of sp³-hybridized carbons (Fsp3) is 0.412. The van der Waals surface area contributed by atoms with E-state index in [2.05, 4.69) is 28.9 Å². The summed E-state index contributed by atoms with van der Waals surface area (Å²) in [4.78, 5) is 6.84. The molecule has 0 unspecified atom stereocenters. The minimum absolute atomic E-state index is 0.611. The molecule has 1 aliphatic carbocycles. The van der Waals surface area contributed by atoms with E-state index in [1.807, 2.05) is 18.2 Å². The SMILES string of the molecule is CCCCN(c1c(C#N)cnc2ccccc12)C1CC1. The predicted octanol–water partition coefficient (Wildman–Crippen LogP) is 3.88. The summed E-state index contributed by atoms with van der Waals surface area (Å²) in [5.74, 6) is 0. The summed E-state index contributed by atoms with van der Waals surface area (Å²) in [7, 11) is 0. The normalized spacial score (nSPS) is 14.2. The van der Waals surface area contributed by atoms with Gasteiger partial charge in [0.25, 0.3) is 0 Å². The first-order chi connectivity index (χ1) is 9.85. The van der Waals surface area contributed by atoms with Crippen LogP contribution in [0.2, 0.25) is 0 Å². The Hall–Kier alpha value is -2.08. The number of rotatable bonds is 5. The van der Waals surface area contributed by atoms with Crippen LogP contribution < -0.4 is 4.90 Å². The highest BCUT2D eigenvalue weighted by molar-refractivity contribution is 5.94. The highest BCUT2D eigenvalue weighted by Crippen LogP contribution is 2.37. The van der Waals surface area contributed by atoms with E-state index in [9.17, 15) is 5.26 Å². The van der Waals surface area contributed by atoms with Crippen molar-refractivity contribution in [1.82, 2.24) is 4.98 Å². The zero-order valence-corrected chi connectivity index (χ0v) is 11.8. The zero-order chi connectivity index (χ0) is 13.9. The van der Waals surface area contributed by atoms with Crippen LogP contribution >= 0.6 is 0 Å². The number of hydrogen-bond acceptors (Lipinski definition) is 3. The maximum atomic E-state index is 9.44. The van der Waals surface area contributed by atoms with Crippen LogP contribution in [0.25, 0.3) is 10.9 Å². The van der Waals surface area contributed by atoms with Crippen LogP contribution in [-0.4, -0.2) is 17.6 Å². The summed E-state index contributed by atoms with van der Waals surface area (Å²) in [6.45, 7) is 3.24. The van der Waals surface area contributed by atoms with Crippen LogP contribution in [0.1, 0.15) is 38.2 Å². The van der Waals surface area contributed by atoms with Gasteiger partial charge in [0.05, 0.1) is 16.8 Å². The highest BCUT2D eigenvalue weighted by Gasteiger charge is 2.31. The number of anilines is 1. The molecule has 3 rings (SSSR count). The summed E-state index contributed by atoms with van der Waals surface area (Å²) in [6, 6.07) is 11.1. The Labute approximate surface area is 119 Å². The number of aromatic nitrogens is 1. The van der Waals surface area contributed by atoms with Crippen molar-refractivity contribution in [2.24, 2.45) is 0 Å². The Balaban J connectivity index is 2.13. The lowest BCUT2D eigenvalue weighted by molar-refractivity contribution is 0.714. The van der Waals surface area contributed by atoms with Crippen molar-refractivity contribution in [1.29, 1.82) is 5.26 Å². The third kappa shape index (κ3) is 2.34. The lowest BCUT2D eigenvalue weighted by Crippen LogP contribution is -2.28. The van der Waals surface area contributed by atoms with Gasteiger partial charge >= 0.3 is 0 Å². The molecule has 0 bridgehead atoms. The van der Waals surface area contributed by atoms with Crippen LogP contribution in [0.15, 0.2) is 30.5 Å². The Morgan fingerprint density at radius 2 is 2.15 bits per heavy atom. The second kappa shape index (κ2) is 5.50. The molecule has 3 heteroatoms. The van der Waals surface area contributed by atoms with Crippen molar-refractivity contribution in [2.75, 3.05) is 11.4 Å². The molecule has 0 radical (unpaired) electrons. The third-order valence-electron chi connectivity index (χ3n) is 3.89. The molecule has 0 aliphatic heterocycles. The molecule has 20 heavy (non-hydrogen) atoms. The number of fused-ring (bicyclic) bond motifs is 1. The van der Waals surface area contributed by atoms with Crippen LogP contribution in [0, 0.1) is 11.3 Å². The number of pyridine rings is 1. The second-order valence-electron chi connectivity index (χ2n) is 5.43. The van der Waals surface area contributed by atoms with Gasteiger partial charge in [0.15, 0.2) is 0 Å². The van der Waals surface area contributed by atoms with E-state index in [0.29, 0.717) is 11.6 Å². The molecule has 1 aliphatic rings. The van der Waals surface area contributed by atoms with E-state index in [1.165, 1.54) is 19.3 Å². The van der Waals surface area contributed by atoms with E-state index < -0.39 is 0 Å². The lowest BCUT2D eigenvalue weighted by Gasteiger charge is -2.26. The molecule has 0 amide bonds. The van der Waals surface area contributed by atoms with Gasteiger partial charge in [-0.25, -0.2) is 0 Å². The Morgan fingerprint density at radius 1 is 1.35 bits per heavy atom. The van der Waals surface area contributed by atoms with Crippen molar-refractivity contribution in [2.45, 2.75) is 38.6 Å². The number of para-hydroxylation sites is 1. The quantitative estimate of drug-likeness (QED) is 0.823. The number of unbranched alkanes of at least 4 members (excludes halogenated alkanes) is 1. The van der Waals surface area contributed by atoms with Crippen LogP contribution in [-0.2, 0) is 0 Å². The minimum Gasteiger partial charge on any atom is -0.367 e. The topological polar surface area (TPSA) is 39.9 Å². The third-order valence-corrected chi connectivity index (χ3v) is 3.89. The zero-order valence-electron chi connectivity index (χ0n) is 11.8. The molecule has 0 atom stereocenters. The smallest absolute Gasteiger partial charge is 0.103 e. The van der Waals surface area contributed by atoms with Gasteiger partial charge in [0.1, 0.15) is 6.07 Å². The molecule has 0 spiro atoms. The maximum absolute atomic E-state index is 9.44. The maximum Gasteiger partial charge on any atom is 0.103 e. The Bertz CT molecular complexity index is 653. The molecule has 1 fully saturated rings. The van der Waals surface area contributed by atoms with E-state index in [0.717, 1.165) is 29.6 Å². The molecule has 102 valence electrons. The fourth-order valence-corrected chi connectivity index (χ4v) is 2.71. The first-order valence-electron chi connectivity index (χ1n) is 7.39. The van der Waals surface area contributed by atoms with E-state index in [1.54, 1.807) is 6.20 Å². The van der Waals surface area contributed by atoms with Gasteiger partial charge in [0.2, 0.25) is 0 Å². The second-order valence-corrected chi connectivity index (χ2v) is 5.43. The molecule has 0 saturated heterocycles. The molecule has 0 N–H and O–H groups in total. The van der Waals surface area contributed by atoms with Gasteiger partial charge in [-0.05, 0) is 25.3 Å². The summed E-state index contributed by atoms with van der Waals surface area (Å²) in [6.07, 6.45) is 6.54. The Morgan fingerprint density at radius 3 is 2.85 bits per heavy atom. The molecule has 1 aromatic carbocycles. The average molecular weight is 265 g/mol. The molecule has 1 saturated carbocycles. The summed E-state index contributed by atoms with van der Waals surface area (Å²) < 4.78 is 0. The van der Waals surface area contributed by atoms with Crippen LogP contribution in [0.4, 0.5) is 5.69 Å². The van der Waals surface area contributed by atoms with Gasteiger partial charge in [-0.3, -0.25) is 4.98 Å². The largest absolute Gasteiger partial charge is 0.367 e. The predicted molar refractivity (Wildman–Crippen MR) is 81.7 cm³/mol. The molecular weight excluding hydrogens is 246 g/mol. The van der Waals surface area contributed by atoms with Crippen molar-refractivity contribution in [3.8, 4) is 6.07 Å². The summed E-state index contributed by atoms with van der Waals surface area (Å²) in [5, 5.41) is 10.5. The monoisotopic (exact) mass is 265 g/mol. The molecule has 1 heterocycles. The van der Waals surface area contributed by atoms with Crippen molar-refractivity contribution < 1.29 is 0 Å². The molecule has 3 nitrogen and oxygen atoms in total. The molecular formula is C17H19N3. The number of nitrogens with zero attached hydrogens (tertiary/aromatic N) is 3. The first-order valence-corrected chi connectivity index (χ1v) is 7.39. The van der Waals surface area contributed by atoms with E-state index in [-0.39, 0.29) is 0 Å². The standard InChI is InChI=1S/C17H19N3/c1-2-3-10-20(14-8-9-14)17-13(11-18)12-19-16-7-5-4-6-15(16)17/h4-7,12,14H,2-3,8-10H2,1H3. The van der Waals surface area contributed by atoms with Crippen molar-refractivity contribution in [3.63, 3.8) is 0 Å². The van der Waals surface area contributed by atoms with E-state index >= 15 is 0 Å². The highest BCUT2D eigenvalue weighted by atomic mass is 15.2. The van der Waals surface area contributed by atoms with Gasteiger partial charge < -0.3 is 4.90 Å². The summed E-state index contributed by atoms with van der Waals surface area (Å²) >= 11 is 0. The number of benzene rings is 1. The van der Waals surface area contributed by atoms with Crippen molar-refractivity contribution >= 4 is 16.6 Å². The van der Waals surface area contributed by atoms with Gasteiger partial charge in [-0.1, -0.05) is 31.5 Å². The van der Waals surface area contributed by atoms with Crippen LogP contribution in [0.3, 0.4) is 0 Å². The van der Waals surface area contributed by atoms with Crippen LogP contribution in [0.5, 0.6) is 0 Å². The lowest BCUT2D eigenvalue weighted by atomic mass is 10.1. The summed E-state index contributed by atoms with van der Waals surface area (Å²) in [5.41, 5.74) is 2.77. The van der Waals surface area contributed by atoms with Gasteiger partial charge in [-0.2, -0.15) is 5.26 Å².